The number of carboxylic acids is 1. The Morgan fingerprint density at radius 1 is 1.05 bits per heavy atom. The molecule has 230 valence electrons. The molecule has 2 heterocycles. The fourth-order valence-corrected chi connectivity index (χ4v) is 5.93. The molecule has 3 aliphatic rings. The molecule has 1 aromatic rings. The minimum absolute atomic E-state index is 0.0135. The molecular weight excluding hydrogens is 520 g/mol. The Balaban J connectivity index is 0.000000575. The average Bonchev–Trinajstić information content (AvgIpc) is 3.25. The number of aryl methyl sites for hydroxylation is 1. The third-order valence-corrected chi connectivity index (χ3v) is 8.32. The van der Waals surface area contributed by atoms with E-state index in [0.29, 0.717) is 18.3 Å². The summed E-state index contributed by atoms with van der Waals surface area (Å²) in [6.07, 6.45) is 19.1. The first-order chi connectivity index (χ1) is 19.9. The quantitative estimate of drug-likeness (QED) is 0.185. The zero-order chi connectivity index (χ0) is 29.3. The Morgan fingerprint density at radius 3 is 2.44 bits per heavy atom. The molecule has 0 spiro atoms. The summed E-state index contributed by atoms with van der Waals surface area (Å²) in [4.78, 5) is 10.7. The van der Waals surface area contributed by atoms with E-state index in [1.54, 1.807) is 0 Å². The lowest BCUT2D eigenvalue weighted by atomic mass is 9.86. The molecule has 41 heavy (non-hydrogen) atoms. The van der Waals surface area contributed by atoms with Gasteiger partial charge in [0, 0.05) is 19.6 Å². The molecule has 4 rings (SSSR count). The van der Waals surface area contributed by atoms with Crippen molar-refractivity contribution in [3.8, 4) is 0 Å². The van der Waals surface area contributed by atoms with Gasteiger partial charge in [0.05, 0.1) is 12.2 Å². The second-order valence-corrected chi connectivity index (χ2v) is 11.7. The van der Waals surface area contributed by atoms with Crippen LogP contribution in [0.1, 0.15) is 89.5 Å². The standard InChI is InChI=1S/C29H42O5.C5H10O2/c1-22-21-27(30)26(13-7-2-3-8-14-28(31)32)25(22)19-18-24(34-29-15-9-10-20-33-29)17-16-23-11-5-4-6-12-23;6-5-3-1-2-4-7-5/h2,4-7,11-12,18-19,22,24-27,29-30H,3,8-10,13-17,20-21H2,1H3,(H,31,32);5-6H,1-4H2/b7-2?,19-18+;/t22-,24+,25+,26-,27+,29?;/m1./s1. The van der Waals surface area contributed by atoms with Crippen LogP contribution < -0.4 is 0 Å². The Bertz CT molecular complexity index is 890. The topological polar surface area (TPSA) is 105 Å². The van der Waals surface area contributed by atoms with Crippen LogP contribution in [0.25, 0.3) is 0 Å². The van der Waals surface area contributed by atoms with E-state index >= 15 is 0 Å². The maximum absolute atomic E-state index is 10.7. The fourth-order valence-electron chi connectivity index (χ4n) is 5.93. The van der Waals surface area contributed by atoms with Gasteiger partial charge in [0.25, 0.3) is 0 Å². The number of aliphatic carboxylic acids is 1. The van der Waals surface area contributed by atoms with Gasteiger partial charge < -0.3 is 29.5 Å². The first-order valence-electron chi connectivity index (χ1n) is 15.8. The van der Waals surface area contributed by atoms with Crippen LogP contribution in [-0.4, -0.2) is 59.3 Å². The SMILES string of the molecule is C[C@@H]1C[C@H](O)[C@H](CC=CCCCC(=O)O)[C@H]1/C=C/[C@H](CCc1ccccc1)OC1CCCCO1.OC1CCCCO1. The predicted molar refractivity (Wildman–Crippen MR) is 160 cm³/mol. The number of carboxylic acid groups (broad SMARTS) is 1. The molecule has 0 radical (unpaired) electrons. The molecule has 3 N–H and O–H groups in total. The van der Waals surface area contributed by atoms with E-state index < -0.39 is 12.3 Å². The van der Waals surface area contributed by atoms with Gasteiger partial charge in [-0.2, -0.15) is 0 Å². The molecule has 0 aromatic heterocycles. The van der Waals surface area contributed by atoms with E-state index in [1.807, 2.05) is 6.07 Å². The molecule has 3 fully saturated rings. The number of hydrogen-bond donors (Lipinski definition) is 3. The van der Waals surface area contributed by atoms with Crippen LogP contribution in [-0.2, 0) is 25.4 Å². The molecule has 2 unspecified atom stereocenters. The van der Waals surface area contributed by atoms with E-state index in [2.05, 4.69) is 55.5 Å². The highest BCUT2D eigenvalue weighted by molar-refractivity contribution is 5.66. The molecule has 7 atom stereocenters. The number of allylic oxidation sites excluding steroid dienone is 3. The minimum atomic E-state index is -0.749. The summed E-state index contributed by atoms with van der Waals surface area (Å²) in [6.45, 7) is 3.73. The van der Waals surface area contributed by atoms with Crippen molar-refractivity contribution in [2.24, 2.45) is 17.8 Å². The number of hydrogen-bond acceptors (Lipinski definition) is 6. The van der Waals surface area contributed by atoms with E-state index in [9.17, 15) is 9.90 Å². The monoisotopic (exact) mass is 572 g/mol. The summed E-state index contributed by atoms with van der Waals surface area (Å²) in [5.41, 5.74) is 1.31. The molecule has 1 saturated carbocycles. The molecule has 2 saturated heterocycles. The van der Waals surface area contributed by atoms with Crippen molar-refractivity contribution in [1.82, 2.24) is 0 Å². The van der Waals surface area contributed by atoms with Crippen molar-refractivity contribution < 1.29 is 34.3 Å². The molecule has 1 aliphatic carbocycles. The first-order valence-corrected chi connectivity index (χ1v) is 15.8. The van der Waals surface area contributed by atoms with Crippen LogP contribution in [0.2, 0.25) is 0 Å². The average molecular weight is 573 g/mol. The molecule has 7 nitrogen and oxygen atoms in total. The first kappa shape index (κ1) is 33.5. The van der Waals surface area contributed by atoms with Crippen molar-refractivity contribution in [2.75, 3.05) is 13.2 Å². The van der Waals surface area contributed by atoms with Gasteiger partial charge in [-0.3, -0.25) is 4.79 Å². The van der Waals surface area contributed by atoms with E-state index in [4.69, 9.17) is 24.4 Å². The van der Waals surface area contributed by atoms with Gasteiger partial charge in [-0.25, -0.2) is 0 Å². The van der Waals surface area contributed by atoms with Gasteiger partial charge in [0.15, 0.2) is 12.6 Å². The molecular formula is C34H52O7. The van der Waals surface area contributed by atoms with Gasteiger partial charge >= 0.3 is 5.97 Å². The maximum Gasteiger partial charge on any atom is 0.303 e. The molecule has 7 heteroatoms. The number of aliphatic hydroxyl groups is 2. The zero-order valence-electron chi connectivity index (χ0n) is 24.8. The van der Waals surface area contributed by atoms with Crippen molar-refractivity contribution in [1.29, 1.82) is 0 Å². The van der Waals surface area contributed by atoms with Gasteiger partial charge in [-0.1, -0.05) is 61.6 Å². The fraction of sp³-hybridized carbons (Fsp3) is 0.676. The summed E-state index contributed by atoms with van der Waals surface area (Å²) in [5.74, 6) is 0.148. The second kappa shape index (κ2) is 19.2. The highest BCUT2D eigenvalue weighted by atomic mass is 16.7. The van der Waals surface area contributed by atoms with E-state index in [-0.39, 0.29) is 30.8 Å². The Morgan fingerprint density at radius 2 is 1.80 bits per heavy atom. The Labute approximate surface area is 246 Å². The van der Waals surface area contributed by atoms with Gasteiger partial charge in [-0.05, 0) is 100 Å². The smallest absolute Gasteiger partial charge is 0.303 e. The highest BCUT2D eigenvalue weighted by Gasteiger charge is 2.38. The minimum Gasteiger partial charge on any atom is -0.481 e. The molecule has 1 aromatic carbocycles. The number of rotatable bonds is 13. The Kier molecular flexibility index (Phi) is 15.7. The summed E-state index contributed by atoms with van der Waals surface area (Å²) >= 11 is 0. The lowest BCUT2D eigenvalue weighted by molar-refractivity contribution is -0.179. The van der Waals surface area contributed by atoms with Crippen molar-refractivity contribution >= 4 is 5.97 Å². The van der Waals surface area contributed by atoms with Crippen LogP contribution in [0.5, 0.6) is 0 Å². The summed E-state index contributed by atoms with van der Waals surface area (Å²) in [7, 11) is 0. The zero-order valence-corrected chi connectivity index (χ0v) is 24.8. The van der Waals surface area contributed by atoms with Crippen molar-refractivity contribution in [2.45, 2.75) is 115 Å². The summed E-state index contributed by atoms with van der Waals surface area (Å²) in [5, 5.41) is 28.1. The molecule has 0 bridgehead atoms. The number of benzene rings is 1. The summed E-state index contributed by atoms with van der Waals surface area (Å²) < 4.78 is 17.1. The van der Waals surface area contributed by atoms with Crippen molar-refractivity contribution in [3.05, 3.63) is 60.2 Å². The van der Waals surface area contributed by atoms with Crippen LogP contribution >= 0.6 is 0 Å². The van der Waals surface area contributed by atoms with Crippen LogP contribution in [0.4, 0.5) is 0 Å². The molecule has 2 aliphatic heterocycles. The number of ether oxygens (including phenoxy) is 3. The van der Waals surface area contributed by atoms with E-state index in [0.717, 1.165) is 83.8 Å². The van der Waals surface area contributed by atoms with Gasteiger partial charge in [0.1, 0.15) is 0 Å². The number of carbonyl (C=O) groups is 1. The van der Waals surface area contributed by atoms with Crippen molar-refractivity contribution in [3.63, 3.8) is 0 Å². The lowest BCUT2D eigenvalue weighted by Gasteiger charge is -2.27. The van der Waals surface area contributed by atoms with Crippen LogP contribution in [0.15, 0.2) is 54.6 Å². The normalized spacial score (nSPS) is 29.3. The molecule has 0 amide bonds. The van der Waals surface area contributed by atoms with Gasteiger partial charge in [-0.15, -0.1) is 0 Å². The summed E-state index contributed by atoms with van der Waals surface area (Å²) in [6, 6.07) is 10.5. The van der Waals surface area contributed by atoms with Crippen LogP contribution in [0, 0.1) is 17.8 Å². The number of unbranched alkanes of at least 4 members (excludes halogenated alkanes) is 1. The largest absolute Gasteiger partial charge is 0.481 e. The third kappa shape index (κ3) is 13.2. The second-order valence-electron chi connectivity index (χ2n) is 11.7. The van der Waals surface area contributed by atoms with Crippen LogP contribution in [0.3, 0.4) is 0 Å². The maximum atomic E-state index is 10.7. The highest BCUT2D eigenvalue weighted by Crippen LogP contribution is 2.40. The lowest BCUT2D eigenvalue weighted by Crippen LogP contribution is -2.27. The van der Waals surface area contributed by atoms with E-state index in [1.165, 1.54) is 5.56 Å². The number of aliphatic hydroxyl groups excluding tert-OH is 2. The van der Waals surface area contributed by atoms with Gasteiger partial charge in [0.2, 0.25) is 0 Å². The third-order valence-electron chi connectivity index (χ3n) is 8.32. The predicted octanol–water partition coefficient (Wildman–Crippen LogP) is 6.43. The Hall–Kier alpha value is -2.03.